The Morgan fingerprint density at radius 3 is 2.55 bits per heavy atom. The van der Waals surface area contributed by atoms with Crippen molar-refractivity contribution in [3.63, 3.8) is 0 Å². The molecule has 2 N–H and O–H groups in total. The van der Waals surface area contributed by atoms with Crippen LogP contribution in [-0.4, -0.2) is 38.2 Å². The Labute approximate surface area is 234 Å². The highest BCUT2D eigenvalue weighted by Crippen LogP contribution is 2.30. The van der Waals surface area contributed by atoms with Crippen LogP contribution in [0.1, 0.15) is 23.2 Å². The van der Waals surface area contributed by atoms with E-state index in [-0.39, 0.29) is 29.2 Å². The number of nitrogens with zero attached hydrogens (tertiary/aromatic N) is 4. The Bertz CT molecular complexity index is 1580. The fourth-order valence-electron chi connectivity index (χ4n) is 3.87. The fraction of sp³-hybridized carbons (Fsp3) is 0.138. The van der Waals surface area contributed by atoms with Crippen LogP contribution in [0.25, 0.3) is 5.69 Å². The number of aryl methyl sites for hydroxylation is 2. The second-order valence-corrected chi connectivity index (χ2v) is 10.2. The Kier molecular flexibility index (Phi) is 8.02. The Hall–Kier alpha value is -4.77. The molecule has 5 rings (SSSR count). The van der Waals surface area contributed by atoms with Crippen molar-refractivity contribution in [2.24, 2.45) is 10.2 Å². The topological polar surface area (TPSA) is 110 Å². The molecule has 1 aromatic heterocycles. The van der Waals surface area contributed by atoms with Gasteiger partial charge in [0.15, 0.2) is 5.17 Å². The van der Waals surface area contributed by atoms with Crippen LogP contribution < -0.4 is 15.4 Å². The molecule has 1 aliphatic rings. The number of aromatic nitrogens is 2. The first-order chi connectivity index (χ1) is 19.4. The lowest BCUT2D eigenvalue weighted by atomic mass is 10.2. The van der Waals surface area contributed by atoms with Crippen molar-refractivity contribution in [3.8, 4) is 17.3 Å². The predicted molar refractivity (Wildman–Crippen MR) is 154 cm³/mol. The van der Waals surface area contributed by atoms with E-state index in [1.165, 1.54) is 30.5 Å². The molecule has 2 heterocycles. The van der Waals surface area contributed by atoms with Crippen molar-refractivity contribution in [2.45, 2.75) is 25.5 Å². The van der Waals surface area contributed by atoms with Gasteiger partial charge in [-0.15, -0.1) is 5.10 Å². The number of rotatable bonds is 8. The summed E-state index contributed by atoms with van der Waals surface area (Å²) in [5.74, 6) is -0.170. The van der Waals surface area contributed by atoms with Gasteiger partial charge in [-0.1, -0.05) is 47.7 Å². The lowest BCUT2D eigenvalue weighted by Gasteiger charge is -2.10. The zero-order valence-electron chi connectivity index (χ0n) is 21.7. The first kappa shape index (κ1) is 26.8. The van der Waals surface area contributed by atoms with Crippen molar-refractivity contribution in [1.82, 2.24) is 15.1 Å². The number of benzene rings is 3. The second-order valence-electron chi connectivity index (χ2n) is 8.97. The Morgan fingerprint density at radius 1 is 1.10 bits per heavy atom. The van der Waals surface area contributed by atoms with Gasteiger partial charge < -0.3 is 15.4 Å². The van der Waals surface area contributed by atoms with E-state index in [0.717, 1.165) is 23.0 Å². The predicted octanol–water partition coefficient (Wildman–Crippen LogP) is 5.37. The van der Waals surface area contributed by atoms with Gasteiger partial charge in [0.2, 0.25) is 17.7 Å². The van der Waals surface area contributed by atoms with Crippen LogP contribution in [0.2, 0.25) is 0 Å². The van der Waals surface area contributed by atoms with E-state index in [9.17, 15) is 14.0 Å². The highest BCUT2D eigenvalue weighted by molar-refractivity contribution is 8.15. The number of carbonyl (C=O) groups is 2. The van der Waals surface area contributed by atoms with E-state index in [1.807, 2.05) is 61.5 Å². The molecule has 1 unspecified atom stereocenters. The van der Waals surface area contributed by atoms with E-state index in [4.69, 9.17) is 4.74 Å². The van der Waals surface area contributed by atoms with Gasteiger partial charge in [-0.05, 0) is 62.4 Å². The van der Waals surface area contributed by atoms with Crippen molar-refractivity contribution < 1.29 is 18.7 Å². The molecule has 1 atom stereocenters. The van der Waals surface area contributed by atoms with Crippen molar-refractivity contribution in [3.05, 3.63) is 102 Å². The molecule has 3 aromatic carbocycles. The summed E-state index contributed by atoms with van der Waals surface area (Å²) in [4.78, 5) is 24.9. The fourth-order valence-corrected chi connectivity index (χ4v) is 4.79. The van der Waals surface area contributed by atoms with E-state index in [0.29, 0.717) is 28.6 Å². The van der Waals surface area contributed by atoms with Gasteiger partial charge in [-0.2, -0.15) is 14.9 Å². The molecule has 1 fully saturated rings. The maximum absolute atomic E-state index is 13.4. The molecule has 0 saturated carbocycles. The summed E-state index contributed by atoms with van der Waals surface area (Å²) < 4.78 is 21.2. The smallest absolute Gasteiger partial charge is 0.240 e. The van der Waals surface area contributed by atoms with Crippen LogP contribution in [0.15, 0.2) is 89.1 Å². The Balaban J connectivity index is 1.32. The minimum absolute atomic E-state index is 0.00821. The molecule has 0 radical (unpaired) electrons. The molecule has 1 aliphatic heterocycles. The number of hydrogen-bond acceptors (Lipinski definition) is 7. The van der Waals surface area contributed by atoms with Crippen LogP contribution in [0.4, 0.5) is 10.1 Å². The third-order valence-electron chi connectivity index (χ3n) is 5.91. The van der Waals surface area contributed by atoms with Crippen LogP contribution >= 0.6 is 11.8 Å². The molecular weight excluding hydrogens is 531 g/mol. The molecule has 11 heteroatoms. The number of para-hydroxylation sites is 1. The minimum Gasteiger partial charge on any atom is -0.438 e. The highest BCUT2D eigenvalue weighted by Gasteiger charge is 2.32. The maximum Gasteiger partial charge on any atom is 0.240 e. The number of amides is 2. The monoisotopic (exact) mass is 556 g/mol. The third-order valence-corrected chi connectivity index (χ3v) is 6.98. The molecule has 0 aliphatic carbocycles. The van der Waals surface area contributed by atoms with E-state index in [2.05, 4.69) is 25.9 Å². The number of thioether (sulfide) groups is 1. The summed E-state index contributed by atoms with van der Waals surface area (Å²) >= 11 is 1.14. The number of carbonyl (C=O) groups excluding carboxylic acids is 2. The first-order valence-corrected chi connectivity index (χ1v) is 13.3. The molecular formula is C29H25FN6O3S. The van der Waals surface area contributed by atoms with Crippen LogP contribution in [0.5, 0.6) is 11.6 Å². The number of hydrogen-bond donors (Lipinski definition) is 2. The number of anilines is 1. The van der Waals surface area contributed by atoms with Gasteiger partial charge in [-0.25, -0.2) is 4.39 Å². The van der Waals surface area contributed by atoms with Crippen molar-refractivity contribution >= 4 is 40.6 Å². The summed E-state index contributed by atoms with van der Waals surface area (Å²) in [6, 6.07) is 22.5. The van der Waals surface area contributed by atoms with Gasteiger partial charge in [0.25, 0.3) is 0 Å². The minimum atomic E-state index is -0.626. The normalized spacial score (nSPS) is 15.9. The van der Waals surface area contributed by atoms with Crippen LogP contribution in [-0.2, 0) is 9.59 Å². The SMILES string of the molecule is Cc1ccc(NC(=O)CC2S/C(=N/N=C\c3c(C)nn(-c4ccccc4)c3Oc3ccc(F)cc3)NC2=O)cc1. The van der Waals surface area contributed by atoms with Gasteiger partial charge in [-0.3, -0.25) is 9.59 Å². The summed E-state index contributed by atoms with van der Waals surface area (Å²) in [5, 5.41) is 18.0. The van der Waals surface area contributed by atoms with Crippen molar-refractivity contribution in [1.29, 1.82) is 0 Å². The van der Waals surface area contributed by atoms with Gasteiger partial charge in [0.05, 0.1) is 23.2 Å². The van der Waals surface area contributed by atoms with Gasteiger partial charge in [0, 0.05) is 12.1 Å². The molecule has 202 valence electrons. The highest BCUT2D eigenvalue weighted by atomic mass is 32.2. The van der Waals surface area contributed by atoms with Crippen LogP contribution in [0, 0.1) is 19.7 Å². The Morgan fingerprint density at radius 2 is 1.82 bits per heavy atom. The standard InChI is InChI=1S/C29H25FN6O3S/c1-18-8-12-21(13-9-18)32-26(37)16-25-27(38)33-29(40-25)34-31-17-24-19(2)35-36(22-6-4-3-5-7-22)28(24)39-23-14-10-20(30)11-15-23/h3-15,17,25H,16H2,1-2H3,(H,32,37)(H,33,34,38)/b31-17-. The van der Waals surface area contributed by atoms with Crippen molar-refractivity contribution in [2.75, 3.05) is 5.32 Å². The van der Waals surface area contributed by atoms with Crippen LogP contribution in [0.3, 0.4) is 0 Å². The molecule has 1 saturated heterocycles. The average molecular weight is 557 g/mol. The number of amidine groups is 1. The second kappa shape index (κ2) is 12.0. The molecule has 0 bridgehead atoms. The average Bonchev–Trinajstić information content (AvgIpc) is 3.45. The van der Waals surface area contributed by atoms with E-state index < -0.39 is 5.25 Å². The summed E-state index contributed by atoms with van der Waals surface area (Å²) in [7, 11) is 0. The number of ether oxygens (including phenoxy) is 1. The van der Waals surface area contributed by atoms with E-state index in [1.54, 1.807) is 11.6 Å². The molecule has 2 amide bonds. The molecule has 40 heavy (non-hydrogen) atoms. The lowest BCUT2D eigenvalue weighted by molar-refractivity contribution is -0.122. The number of nitrogens with one attached hydrogen (secondary N) is 2. The maximum atomic E-state index is 13.4. The van der Waals surface area contributed by atoms with Gasteiger partial charge >= 0.3 is 0 Å². The lowest BCUT2D eigenvalue weighted by Crippen LogP contribution is -2.28. The quantitative estimate of drug-likeness (QED) is 0.224. The first-order valence-electron chi connectivity index (χ1n) is 12.4. The summed E-state index contributed by atoms with van der Waals surface area (Å²) in [6.45, 7) is 3.77. The molecule has 0 spiro atoms. The number of halogens is 1. The molecule has 9 nitrogen and oxygen atoms in total. The summed E-state index contributed by atoms with van der Waals surface area (Å²) in [6.07, 6.45) is 1.48. The molecule has 4 aromatic rings. The zero-order chi connectivity index (χ0) is 28.1. The van der Waals surface area contributed by atoms with E-state index >= 15 is 0 Å². The zero-order valence-corrected chi connectivity index (χ0v) is 22.5. The largest absolute Gasteiger partial charge is 0.438 e. The summed E-state index contributed by atoms with van der Waals surface area (Å²) in [5.41, 5.74) is 3.70. The third kappa shape index (κ3) is 6.44. The van der Waals surface area contributed by atoms with Gasteiger partial charge in [0.1, 0.15) is 16.8 Å².